The van der Waals surface area contributed by atoms with Crippen LogP contribution in [0.3, 0.4) is 0 Å². The van der Waals surface area contributed by atoms with Gasteiger partial charge in [0, 0.05) is 49.9 Å². The number of hydrogen-bond acceptors (Lipinski definition) is 5. The number of sulfonamides is 1. The highest BCUT2D eigenvalue weighted by Gasteiger charge is 2.29. The highest BCUT2D eigenvalue weighted by atomic mass is 35.5. The maximum atomic E-state index is 13.6. The van der Waals surface area contributed by atoms with Gasteiger partial charge in [-0.1, -0.05) is 29.8 Å². The molecule has 39 heavy (non-hydrogen) atoms. The number of aromatic nitrogens is 1. The molecule has 1 saturated heterocycles. The van der Waals surface area contributed by atoms with Gasteiger partial charge < -0.3 is 4.90 Å². The first-order valence-corrected chi connectivity index (χ1v) is 14.1. The summed E-state index contributed by atoms with van der Waals surface area (Å²) in [5.41, 5.74) is 1.34. The van der Waals surface area contributed by atoms with Crippen LogP contribution in [-0.2, 0) is 16.6 Å². The Balaban J connectivity index is 1.28. The Kier molecular flexibility index (Phi) is 7.53. The minimum Gasteiger partial charge on any atom is -0.333 e. The predicted octanol–water partition coefficient (Wildman–Crippen LogP) is 5.31. The Morgan fingerprint density at radius 1 is 1.05 bits per heavy atom. The number of nitrogens with zero attached hydrogens (tertiary/aromatic N) is 3. The van der Waals surface area contributed by atoms with E-state index in [0.29, 0.717) is 42.6 Å². The fraction of sp³-hybridized carbons (Fsp3) is 0.214. The highest BCUT2D eigenvalue weighted by molar-refractivity contribution is 7.93. The first-order valence-electron chi connectivity index (χ1n) is 12.2. The molecule has 0 spiro atoms. The van der Waals surface area contributed by atoms with E-state index in [1.807, 2.05) is 11.8 Å². The third-order valence-corrected chi connectivity index (χ3v) is 8.36. The highest BCUT2D eigenvalue weighted by Crippen LogP contribution is 2.28. The molecule has 1 aliphatic rings. The van der Waals surface area contributed by atoms with Gasteiger partial charge in [0.2, 0.25) is 0 Å². The summed E-state index contributed by atoms with van der Waals surface area (Å²) in [4.78, 5) is 21.3. The van der Waals surface area contributed by atoms with Crippen LogP contribution >= 0.6 is 11.6 Å². The fourth-order valence-corrected chi connectivity index (χ4v) is 6.34. The summed E-state index contributed by atoms with van der Waals surface area (Å²) in [6.07, 6.45) is 1.53. The molecule has 1 N–H and O–H groups in total. The lowest BCUT2D eigenvalue weighted by molar-refractivity contribution is 0.0475. The van der Waals surface area contributed by atoms with Crippen molar-refractivity contribution in [2.75, 3.05) is 24.4 Å². The molecule has 1 amide bonds. The number of benzene rings is 3. The maximum Gasteiger partial charge on any atom is 0.264 e. The van der Waals surface area contributed by atoms with Crippen molar-refractivity contribution in [1.82, 2.24) is 14.8 Å². The molecule has 0 radical (unpaired) electrons. The molecule has 4 aromatic rings. The third-order valence-electron chi connectivity index (χ3n) is 6.64. The molecule has 1 aromatic heterocycles. The van der Waals surface area contributed by atoms with Gasteiger partial charge in [-0.3, -0.25) is 19.4 Å². The molecular weight excluding hydrogens is 546 g/mol. The zero-order valence-corrected chi connectivity index (χ0v) is 22.5. The number of anilines is 1. The van der Waals surface area contributed by atoms with E-state index in [1.54, 1.807) is 29.2 Å². The summed E-state index contributed by atoms with van der Waals surface area (Å²) in [5, 5.41) is 0.803. The van der Waals surface area contributed by atoms with E-state index in [1.165, 1.54) is 42.6 Å². The molecule has 0 saturated carbocycles. The quantitative estimate of drug-likeness (QED) is 0.340. The lowest BCUT2D eigenvalue weighted by Gasteiger charge is -2.40. The number of pyridine rings is 1. The average Bonchev–Trinajstić information content (AvgIpc) is 2.87. The molecule has 202 valence electrons. The standard InChI is InChI=1S/C28H25ClF2N4O3S/c1-18-16-34(17-19-12-21(30)14-22(31)13-19)10-11-35(18)28(36)24-8-7-23(15-25(24)29)33-39(37,38)26-6-2-4-20-5-3-9-32-27(20)26/h2-9,12-15,18,33H,10-11,16-17H2,1H3. The Labute approximate surface area is 230 Å². The van der Waals surface area contributed by atoms with Crippen molar-refractivity contribution >= 4 is 44.1 Å². The van der Waals surface area contributed by atoms with Gasteiger partial charge in [-0.2, -0.15) is 0 Å². The van der Waals surface area contributed by atoms with Crippen LogP contribution in [0, 0.1) is 11.6 Å². The van der Waals surface area contributed by atoms with Crippen LogP contribution in [-0.4, -0.2) is 54.8 Å². The molecule has 0 aliphatic carbocycles. The molecular formula is C28H25ClF2N4O3S. The number of halogens is 3. The zero-order valence-electron chi connectivity index (χ0n) is 20.9. The molecule has 1 atom stereocenters. The third kappa shape index (κ3) is 5.88. The predicted molar refractivity (Wildman–Crippen MR) is 146 cm³/mol. The number of nitrogens with one attached hydrogen (secondary N) is 1. The van der Waals surface area contributed by atoms with Gasteiger partial charge in [0.1, 0.15) is 16.5 Å². The van der Waals surface area contributed by atoms with Gasteiger partial charge in [-0.15, -0.1) is 0 Å². The number of rotatable bonds is 6. The SMILES string of the molecule is CC1CN(Cc2cc(F)cc(F)c2)CCN1C(=O)c1ccc(NS(=O)(=O)c2cccc3cccnc23)cc1Cl. The first-order chi connectivity index (χ1) is 18.6. The minimum absolute atomic E-state index is 0.0320. The second-order valence-corrected chi connectivity index (χ2v) is 11.5. The molecule has 2 heterocycles. The molecule has 5 rings (SSSR count). The summed E-state index contributed by atoms with van der Waals surface area (Å²) in [5.74, 6) is -1.53. The Bertz CT molecular complexity index is 1640. The van der Waals surface area contributed by atoms with Gasteiger partial charge in [-0.25, -0.2) is 17.2 Å². The number of carbonyl (C=O) groups is 1. The monoisotopic (exact) mass is 570 g/mol. The van der Waals surface area contributed by atoms with Crippen molar-refractivity contribution in [3.8, 4) is 0 Å². The number of para-hydroxylation sites is 1. The molecule has 3 aromatic carbocycles. The Morgan fingerprint density at radius 2 is 1.79 bits per heavy atom. The lowest BCUT2D eigenvalue weighted by Crippen LogP contribution is -2.53. The van der Waals surface area contributed by atoms with Crippen LogP contribution in [0.25, 0.3) is 10.9 Å². The van der Waals surface area contributed by atoms with Crippen LogP contribution in [0.5, 0.6) is 0 Å². The molecule has 7 nitrogen and oxygen atoms in total. The van der Waals surface area contributed by atoms with Crippen molar-refractivity contribution in [2.24, 2.45) is 0 Å². The fourth-order valence-electron chi connectivity index (χ4n) is 4.85. The van der Waals surface area contributed by atoms with Crippen LogP contribution < -0.4 is 4.72 Å². The van der Waals surface area contributed by atoms with Crippen molar-refractivity contribution in [3.63, 3.8) is 0 Å². The Hall–Kier alpha value is -3.60. The van der Waals surface area contributed by atoms with Crippen LogP contribution in [0.15, 0.2) is 77.8 Å². The number of piperazine rings is 1. The lowest BCUT2D eigenvalue weighted by atomic mass is 10.1. The van der Waals surface area contributed by atoms with Crippen LogP contribution in [0.1, 0.15) is 22.8 Å². The number of carbonyl (C=O) groups excluding carboxylic acids is 1. The number of fused-ring (bicyclic) bond motifs is 1. The summed E-state index contributed by atoms with van der Waals surface area (Å²) >= 11 is 6.45. The average molecular weight is 571 g/mol. The maximum absolute atomic E-state index is 13.6. The normalized spacial score (nSPS) is 16.4. The van der Waals surface area contributed by atoms with E-state index < -0.39 is 21.7 Å². The minimum atomic E-state index is -3.98. The molecule has 1 aliphatic heterocycles. The second kappa shape index (κ2) is 10.9. The van der Waals surface area contributed by atoms with Crippen molar-refractivity contribution < 1.29 is 22.0 Å². The number of hydrogen-bond donors (Lipinski definition) is 1. The van der Waals surface area contributed by atoms with Crippen molar-refractivity contribution in [3.05, 3.63) is 101 Å². The van der Waals surface area contributed by atoms with Gasteiger partial charge in [0.25, 0.3) is 15.9 Å². The largest absolute Gasteiger partial charge is 0.333 e. The second-order valence-electron chi connectivity index (χ2n) is 9.49. The van der Waals surface area contributed by atoms with Crippen LogP contribution in [0.2, 0.25) is 5.02 Å². The van der Waals surface area contributed by atoms with Gasteiger partial charge >= 0.3 is 0 Å². The zero-order chi connectivity index (χ0) is 27.7. The summed E-state index contributed by atoms with van der Waals surface area (Å²) < 4.78 is 55.9. The van der Waals surface area contributed by atoms with Crippen molar-refractivity contribution in [1.29, 1.82) is 0 Å². The van der Waals surface area contributed by atoms with Gasteiger partial charge in [-0.05, 0) is 55.0 Å². The summed E-state index contributed by atoms with van der Waals surface area (Å²) in [6.45, 7) is 3.69. The van der Waals surface area contributed by atoms with Gasteiger partial charge in [0.15, 0.2) is 0 Å². The van der Waals surface area contributed by atoms with E-state index in [-0.39, 0.29) is 33.1 Å². The van der Waals surface area contributed by atoms with Crippen molar-refractivity contribution in [2.45, 2.75) is 24.4 Å². The van der Waals surface area contributed by atoms with E-state index in [0.717, 1.165) is 6.07 Å². The Morgan fingerprint density at radius 3 is 2.51 bits per heavy atom. The van der Waals surface area contributed by atoms with Crippen LogP contribution in [0.4, 0.5) is 14.5 Å². The molecule has 1 fully saturated rings. The summed E-state index contributed by atoms with van der Waals surface area (Å²) in [6, 6.07) is 16.1. The van der Waals surface area contributed by atoms with Gasteiger partial charge in [0.05, 0.1) is 21.8 Å². The van der Waals surface area contributed by atoms with E-state index in [2.05, 4.69) is 9.71 Å². The topological polar surface area (TPSA) is 82.6 Å². The van der Waals surface area contributed by atoms with E-state index >= 15 is 0 Å². The molecule has 11 heteroatoms. The van der Waals surface area contributed by atoms with E-state index in [4.69, 9.17) is 11.6 Å². The first kappa shape index (κ1) is 27.0. The van der Waals surface area contributed by atoms with E-state index in [9.17, 15) is 22.0 Å². The molecule has 0 bridgehead atoms. The number of amides is 1. The molecule has 1 unspecified atom stereocenters. The smallest absolute Gasteiger partial charge is 0.264 e. The summed E-state index contributed by atoms with van der Waals surface area (Å²) in [7, 11) is -3.98.